The molecule has 2 fully saturated rings. The van der Waals surface area contributed by atoms with Crippen LogP contribution in [0.1, 0.15) is 30.9 Å². The monoisotopic (exact) mass is 411 g/mol. The molecule has 5 nitrogen and oxygen atoms in total. The largest absolute Gasteiger partial charge is 0.416 e. The van der Waals surface area contributed by atoms with E-state index >= 15 is 0 Å². The van der Waals surface area contributed by atoms with Gasteiger partial charge in [0, 0.05) is 51.1 Å². The maximum atomic E-state index is 13.3. The first-order valence-corrected chi connectivity index (χ1v) is 10.0. The quantitative estimate of drug-likeness (QED) is 0.768. The molecule has 3 rings (SSSR count). The van der Waals surface area contributed by atoms with Gasteiger partial charge in [-0.05, 0) is 18.7 Å². The molecule has 8 heteroatoms. The van der Waals surface area contributed by atoms with E-state index in [2.05, 4.69) is 4.90 Å². The Bertz CT molecular complexity index is 758. The van der Waals surface area contributed by atoms with Crippen molar-refractivity contribution in [2.75, 3.05) is 46.3 Å². The number of carbonyl (C=O) groups excluding carboxylic acids is 2. The second kappa shape index (κ2) is 8.34. The number of hydrogen-bond acceptors (Lipinski definition) is 3. The highest BCUT2D eigenvalue weighted by atomic mass is 19.4. The molecule has 1 aromatic carbocycles. The van der Waals surface area contributed by atoms with Crippen molar-refractivity contribution in [3.63, 3.8) is 0 Å². The van der Waals surface area contributed by atoms with Crippen LogP contribution in [0.5, 0.6) is 0 Å². The lowest BCUT2D eigenvalue weighted by atomic mass is 9.87. The van der Waals surface area contributed by atoms with Crippen LogP contribution >= 0.6 is 0 Å². The molecule has 1 aromatic rings. The van der Waals surface area contributed by atoms with Crippen molar-refractivity contribution in [1.82, 2.24) is 14.7 Å². The predicted octanol–water partition coefficient (Wildman–Crippen LogP) is 2.68. The Morgan fingerprint density at radius 3 is 2.28 bits per heavy atom. The highest BCUT2D eigenvalue weighted by Gasteiger charge is 2.43. The minimum absolute atomic E-state index is 0.0698. The molecule has 2 saturated heterocycles. The molecule has 160 valence electrons. The maximum absolute atomic E-state index is 13.3. The first kappa shape index (κ1) is 21.6. The Labute approximate surface area is 169 Å². The molecule has 0 radical (unpaired) electrons. The van der Waals surface area contributed by atoms with Crippen molar-refractivity contribution >= 4 is 11.8 Å². The lowest BCUT2D eigenvalue weighted by Gasteiger charge is -2.35. The first-order valence-electron chi connectivity index (χ1n) is 10.0. The molecule has 2 atom stereocenters. The highest BCUT2D eigenvalue weighted by Crippen LogP contribution is 2.37. The summed E-state index contributed by atoms with van der Waals surface area (Å²) in [5.41, 5.74) is -0.263. The molecule has 29 heavy (non-hydrogen) atoms. The fourth-order valence-electron chi connectivity index (χ4n) is 4.14. The fourth-order valence-corrected chi connectivity index (χ4v) is 4.14. The summed E-state index contributed by atoms with van der Waals surface area (Å²) >= 11 is 0. The molecule has 0 bridgehead atoms. The number of halogens is 3. The molecule has 2 amide bonds. The van der Waals surface area contributed by atoms with Gasteiger partial charge in [-0.2, -0.15) is 13.2 Å². The number of likely N-dealkylation sites (tertiary alicyclic amines) is 1. The van der Waals surface area contributed by atoms with Crippen LogP contribution in [0.25, 0.3) is 0 Å². The number of carbonyl (C=O) groups is 2. The standard InChI is InChI=1S/C21H28F3N3O2/c1-14(2)19(28)27-12-17(15-5-4-6-16(11-15)21(22,23)24)18(13-27)20(29)26-9-7-25(3)8-10-26/h4-6,11,14,17-18H,7-10,12-13H2,1-3H3. The summed E-state index contributed by atoms with van der Waals surface area (Å²) in [6.45, 7) is 6.82. The molecule has 2 unspecified atom stereocenters. The summed E-state index contributed by atoms with van der Waals surface area (Å²) in [5, 5.41) is 0. The molecule has 2 aliphatic heterocycles. The molecule has 0 saturated carbocycles. The number of likely N-dealkylation sites (N-methyl/N-ethyl adjacent to an activating group) is 1. The average Bonchev–Trinajstić information content (AvgIpc) is 3.12. The van der Waals surface area contributed by atoms with Gasteiger partial charge in [0.2, 0.25) is 11.8 Å². The Kier molecular flexibility index (Phi) is 6.22. The number of amides is 2. The van der Waals surface area contributed by atoms with Crippen LogP contribution in [0, 0.1) is 11.8 Å². The normalized spacial score (nSPS) is 23.7. The second-order valence-corrected chi connectivity index (χ2v) is 8.36. The van der Waals surface area contributed by atoms with E-state index in [0.717, 1.165) is 25.2 Å². The van der Waals surface area contributed by atoms with Gasteiger partial charge in [0.1, 0.15) is 0 Å². The van der Waals surface area contributed by atoms with E-state index in [1.54, 1.807) is 29.7 Å². The Morgan fingerprint density at radius 1 is 1.03 bits per heavy atom. The molecule has 0 aliphatic carbocycles. The Hall–Kier alpha value is -2.09. The second-order valence-electron chi connectivity index (χ2n) is 8.36. The van der Waals surface area contributed by atoms with Gasteiger partial charge in [-0.1, -0.05) is 32.0 Å². The topological polar surface area (TPSA) is 43.9 Å². The lowest BCUT2D eigenvalue weighted by Crippen LogP contribution is -2.50. The van der Waals surface area contributed by atoms with E-state index in [0.29, 0.717) is 18.7 Å². The fraction of sp³-hybridized carbons (Fsp3) is 0.619. The van der Waals surface area contributed by atoms with Crippen molar-refractivity contribution in [3.05, 3.63) is 35.4 Å². The van der Waals surface area contributed by atoms with Crippen LogP contribution in [-0.2, 0) is 15.8 Å². The third-order valence-corrected chi connectivity index (χ3v) is 5.90. The van der Waals surface area contributed by atoms with Crippen LogP contribution in [0.4, 0.5) is 13.2 Å². The maximum Gasteiger partial charge on any atom is 0.416 e. The predicted molar refractivity (Wildman–Crippen MR) is 103 cm³/mol. The number of nitrogens with zero attached hydrogens (tertiary/aromatic N) is 3. The van der Waals surface area contributed by atoms with Gasteiger partial charge in [0.15, 0.2) is 0 Å². The van der Waals surface area contributed by atoms with E-state index in [4.69, 9.17) is 0 Å². The smallest absolute Gasteiger partial charge is 0.341 e. The number of hydrogen-bond donors (Lipinski definition) is 0. The molecular formula is C21H28F3N3O2. The van der Waals surface area contributed by atoms with E-state index in [1.165, 1.54) is 6.07 Å². The zero-order valence-corrected chi connectivity index (χ0v) is 17.1. The van der Waals surface area contributed by atoms with E-state index in [1.807, 2.05) is 7.05 Å². The summed E-state index contributed by atoms with van der Waals surface area (Å²) < 4.78 is 39.6. The van der Waals surface area contributed by atoms with Crippen molar-refractivity contribution in [3.8, 4) is 0 Å². The van der Waals surface area contributed by atoms with Gasteiger partial charge >= 0.3 is 6.18 Å². The number of rotatable bonds is 3. The van der Waals surface area contributed by atoms with Gasteiger partial charge in [-0.3, -0.25) is 9.59 Å². The average molecular weight is 411 g/mol. The van der Waals surface area contributed by atoms with Crippen molar-refractivity contribution in [2.24, 2.45) is 11.8 Å². The van der Waals surface area contributed by atoms with Crippen LogP contribution in [0.2, 0.25) is 0 Å². The third kappa shape index (κ3) is 4.74. The molecule has 2 aliphatic rings. The number of piperazine rings is 1. The molecular weight excluding hydrogens is 383 g/mol. The minimum Gasteiger partial charge on any atom is -0.341 e. The summed E-state index contributed by atoms with van der Waals surface area (Å²) in [4.78, 5) is 31.4. The van der Waals surface area contributed by atoms with E-state index in [-0.39, 0.29) is 30.8 Å². The summed E-state index contributed by atoms with van der Waals surface area (Å²) in [5.74, 6) is -1.33. The minimum atomic E-state index is -4.45. The highest BCUT2D eigenvalue weighted by molar-refractivity contribution is 5.84. The van der Waals surface area contributed by atoms with E-state index in [9.17, 15) is 22.8 Å². The lowest BCUT2D eigenvalue weighted by molar-refractivity contribution is -0.138. The third-order valence-electron chi connectivity index (χ3n) is 5.90. The molecule has 0 spiro atoms. The molecule has 0 N–H and O–H groups in total. The zero-order chi connectivity index (χ0) is 21.3. The van der Waals surface area contributed by atoms with Crippen LogP contribution in [-0.4, -0.2) is 72.8 Å². The van der Waals surface area contributed by atoms with Crippen molar-refractivity contribution in [2.45, 2.75) is 25.9 Å². The van der Waals surface area contributed by atoms with Crippen molar-refractivity contribution < 1.29 is 22.8 Å². The zero-order valence-electron chi connectivity index (χ0n) is 17.1. The summed E-state index contributed by atoms with van der Waals surface area (Å²) in [6.07, 6.45) is -4.45. The van der Waals surface area contributed by atoms with Crippen LogP contribution in [0.3, 0.4) is 0 Å². The van der Waals surface area contributed by atoms with Gasteiger partial charge in [-0.25, -0.2) is 0 Å². The first-order chi connectivity index (χ1) is 13.6. The molecule has 0 aromatic heterocycles. The van der Waals surface area contributed by atoms with Gasteiger partial charge < -0.3 is 14.7 Å². The SMILES string of the molecule is CC(C)C(=O)N1CC(C(=O)N2CCN(C)CC2)C(c2cccc(C(F)(F)F)c2)C1. The van der Waals surface area contributed by atoms with Crippen LogP contribution in [0.15, 0.2) is 24.3 Å². The van der Waals surface area contributed by atoms with E-state index < -0.39 is 23.6 Å². The number of alkyl halides is 3. The van der Waals surface area contributed by atoms with Crippen molar-refractivity contribution in [1.29, 1.82) is 0 Å². The summed E-state index contributed by atoms with van der Waals surface area (Å²) in [6, 6.07) is 5.17. The van der Waals surface area contributed by atoms with Gasteiger partial charge in [0.05, 0.1) is 11.5 Å². The Balaban J connectivity index is 1.89. The Morgan fingerprint density at radius 2 is 1.69 bits per heavy atom. The number of benzene rings is 1. The van der Waals surface area contributed by atoms with Gasteiger partial charge in [-0.15, -0.1) is 0 Å². The molecule has 2 heterocycles. The van der Waals surface area contributed by atoms with Crippen LogP contribution < -0.4 is 0 Å². The summed E-state index contributed by atoms with van der Waals surface area (Å²) in [7, 11) is 1.99. The van der Waals surface area contributed by atoms with Gasteiger partial charge in [0.25, 0.3) is 0 Å².